The zero-order valence-electron chi connectivity index (χ0n) is 8.43. The van der Waals surface area contributed by atoms with E-state index in [1.807, 2.05) is 0 Å². The predicted octanol–water partition coefficient (Wildman–Crippen LogP) is 3.17. The molecule has 0 aliphatic rings. The van der Waals surface area contributed by atoms with E-state index >= 15 is 0 Å². The summed E-state index contributed by atoms with van der Waals surface area (Å²) in [7, 11) is 0. The van der Waals surface area contributed by atoms with Gasteiger partial charge >= 0.3 is 5.97 Å². The summed E-state index contributed by atoms with van der Waals surface area (Å²) in [5, 5.41) is 0.404. The van der Waals surface area contributed by atoms with Gasteiger partial charge < -0.3 is 10.5 Å². The van der Waals surface area contributed by atoms with Crippen LogP contribution in [-0.2, 0) is 4.74 Å². The standard InChI is InChI=1S/C10H11BrClNO2/c1-3-15-10(14)8-5(2)7(13)4-6(12)9(8)11/h4H,3,13H2,1-2H3. The molecule has 0 atom stereocenters. The molecule has 0 amide bonds. The fourth-order valence-electron chi connectivity index (χ4n) is 1.18. The minimum Gasteiger partial charge on any atom is -0.462 e. The number of hydrogen-bond acceptors (Lipinski definition) is 3. The van der Waals surface area contributed by atoms with E-state index in [1.54, 1.807) is 19.9 Å². The maximum absolute atomic E-state index is 11.6. The minimum absolute atomic E-state index is 0.317. The third kappa shape index (κ3) is 2.44. The second-order valence-electron chi connectivity index (χ2n) is 2.98. The Morgan fingerprint density at radius 3 is 2.80 bits per heavy atom. The van der Waals surface area contributed by atoms with Crippen molar-refractivity contribution in [1.29, 1.82) is 0 Å². The fraction of sp³-hybridized carbons (Fsp3) is 0.300. The van der Waals surface area contributed by atoms with Crippen LogP contribution in [0.3, 0.4) is 0 Å². The number of carbonyl (C=O) groups excluding carboxylic acids is 1. The topological polar surface area (TPSA) is 52.3 Å². The first-order valence-corrected chi connectivity index (χ1v) is 5.57. The summed E-state index contributed by atoms with van der Waals surface area (Å²) in [6.45, 7) is 3.81. The van der Waals surface area contributed by atoms with Crippen LogP contribution in [0.2, 0.25) is 5.02 Å². The quantitative estimate of drug-likeness (QED) is 0.673. The van der Waals surface area contributed by atoms with E-state index in [0.717, 1.165) is 0 Å². The van der Waals surface area contributed by atoms with Crippen LogP contribution in [-0.4, -0.2) is 12.6 Å². The molecular weight excluding hydrogens is 281 g/mol. The van der Waals surface area contributed by atoms with Gasteiger partial charge in [0.25, 0.3) is 0 Å². The number of esters is 1. The number of ether oxygens (including phenoxy) is 1. The molecule has 5 heteroatoms. The number of nitrogen functional groups attached to an aromatic ring is 1. The normalized spacial score (nSPS) is 10.1. The molecule has 0 saturated carbocycles. The molecule has 0 aliphatic carbocycles. The summed E-state index contributed by atoms with van der Waals surface area (Å²) in [4.78, 5) is 11.6. The second kappa shape index (κ2) is 4.86. The van der Waals surface area contributed by atoms with Crippen molar-refractivity contribution in [2.24, 2.45) is 0 Å². The molecule has 0 aliphatic heterocycles. The molecule has 1 rings (SSSR count). The molecule has 0 bridgehead atoms. The Bertz CT molecular complexity index is 381. The largest absolute Gasteiger partial charge is 0.462 e. The van der Waals surface area contributed by atoms with Gasteiger partial charge in [-0.05, 0) is 41.4 Å². The van der Waals surface area contributed by atoms with Crippen molar-refractivity contribution in [2.75, 3.05) is 12.3 Å². The monoisotopic (exact) mass is 291 g/mol. The third-order valence-corrected chi connectivity index (χ3v) is 3.35. The van der Waals surface area contributed by atoms with Gasteiger partial charge in [0.2, 0.25) is 0 Å². The molecule has 15 heavy (non-hydrogen) atoms. The summed E-state index contributed by atoms with van der Waals surface area (Å²) in [6, 6.07) is 1.60. The Morgan fingerprint density at radius 2 is 2.27 bits per heavy atom. The lowest BCUT2D eigenvalue weighted by molar-refractivity contribution is 0.0524. The van der Waals surface area contributed by atoms with Crippen molar-refractivity contribution in [1.82, 2.24) is 0 Å². The molecule has 0 heterocycles. The third-order valence-electron chi connectivity index (χ3n) is 2.00. The first-order chi connectivity index (χ1) is 6.99. The first kappa shape index (κ1) is 12.3. The zero-order chi connectivity index (χ0) is 11.6. The Kier molecular flexibility index (Phi) is 3.99. The van der Waals surface area contributed by atoms with E-state index in [9.17, 15) is 4.79 Å². The van der Waals surface area contributed by atoms with Crippen molar-refractivity contribution in [2.45, 2.75) is 13.8 Å². The number of anilines is 1. The molecule has 82 valence electrons. The van der Waals surface area contributed by atoms with E-state index in [0.29, 0.717) is 32.9 Å². The van der Waals surface area contributed by atoms with Crippen LogP contribution >= 0.6 is 27.5 Å². The van der Waals surface area contributed by atoms with Crippen molar-refractivity contribution < 1.29 is 9.53 Å². The van der Waals surface area contributed by atoms with E-state index in [-0.39, 0.29) is 0 Å². The SMILES string of the molecule is CCOC(=O)c1c(C)c(N)cc(Cl)c1Br. The van der Waals surface area contributed by atoms with Crippen LogP contribution in [0.15, 0.2) is 10.5 Å². The van der Waals surface area contributed by atoms with Crippen molar-refractivity contribution in [3.8, 4) is 0 Å². The average Bonchev–Trinajstić information content (AvgIpc) is 2.16. The lowest BCUT2D eigenvalue weighted by atomic mass is 10.1. The highest BCUT2D eigenvalue weighted by Gasteiger charge is 2.18. The maximum atomic E-state index is 11.6. The predicted molar refractivity (Wildman–Crippen MR) is 64.3 cm³/mol. The summed E-state index contributed by atoms with van der Waals surface area (Å²) in [5.74, 6) is -0.420. The van der Waals surface area contributed by atoms with E-state index in [2.05, 4.69) is 15.9 Å². The van der Waals surface area contributed by atoms with Gasteiger partial charge in [-0.15, -0.1) is 0 Å². The molecule has 0 radical (unpaired) electrons. The van der Waals surface area contributed by atoms with Crippen LogP contribution in [0.4, 0.5) is 5.69 Å². The lowest BCUT2D eigenvalue weighted by Crippen LogP contribution is -2.09. The maximum Gasteiger partial charge on any atom is 0.339 e. The van der Waals surface area contributed by atoms with Gasteiger partial charge in [-0.1, -0.05) is 11.6 Å². The number of hydrogen-bond donors (Lipinski definition) is 1. The summed E-state index contributed by atoms with van der Waals surface area (Å²) in [5.41, 5.74) is 7.25. The molecule has 0 aromatic heterocycles. The van der Waals surface area contributed by atoms with Gasteiger partial charge in [0, 0.05) is 5.69 Å². The highest BCUT2D eigenvalue weighted by Crippen LogP contribution is 2.33. The molecule has 1 aromatic rings. The minimum atomic E-state index is -0.420. The molecule has 0 unspecified atom stereocenters. The summed E-state index contributed by atoms with van der Waals surface area (Å²) in [6.07, 6.45) is 0. The molecule has 0 saturated heterocycles. The Morgan fingerprint density at radius 1 is 1.67 bits per heavy atom. The highest BCUT2D eigenvalue weighted by atomic mass is 79.9. The van der Waals surface area contributed by atoms with Crippen molar-refractivity contribution in [3.05, 3.63) is 26.7 Å². The highest BCUT2D eigenvalue weighted by molar-refractivity contribution is 9.10. The number of halogens is 2. The number of carbonyl (C=O) groups is 1. The first-order valence-electron chi connectivity index (χ1n) is 4.40. The van der Waals surface area contributed by atoms with Crippen molar-refractivity contribution >= 4 is 39.2 Å². The van der Waals surface area contributed by atoms with Gasteiger partial charge in [-0.3, -0.25) is 0 Å². The van der Waals surface area contributed by atoms with E-state index in [4.69, 9.17) is 22.1 Å². The summed E-state index contributed by atoms with van der Waals surface area (Å²) < 4.78 is 5.44. The molecule has 2 N–H and O–H groups in total. The number of nitrogens with two attached hydrogens (primary N) is 1. The van der Waals surface area contributed by atoms with Crippen molar-refractivity contribution in [3.63, 3.8) is 0 Å². The molecular formula is C10H11BrClNO2. The van der Waals surface area contributed by atoms with Gasteiger partial charge in [0.15, 0.2) is 0 Å². The van der Waals surface area contributed by atoms with Crippen LogP contribution in [0.1, 0.15) is 22.8 Å². The Hall–Kier alpha value is -0.740. The van der Waals surface area contributed by atoms with Gasteiger partial charge in [-0.2, -0.15) is 0 Å². The average molecular weight is 293 g/mol. The number of benzene rings is 1. The molecule has 0 spiro atoms. The molecule has 1 aromatic carbocycles. The van der Waals surface area contributed by atoms with E-state index in [1.165, 1.54) is 0 Å². The van der Waals surface area contributed by atoms with Gasteiger partial charge in [-0.25, -0.2) is 4.79 Å². The van der Waals surface area contributed by atoms with Crippen LogP contribution < -0.4 is 5.73 Å². The second-order valence-corrected chi connectivity index (χ2v) is 4.18. The van der Waals surface area contributed by atoms with Gasteiger partial charge in [0.05, 0.1) is 21.7 Å². The van der Waals surface area contributed by atoms with Crippen LogP contribution in [0, 0.1) is 6.92 Å². The van der Waals surface area contributed by atoms with E-state index < -0.39 is 5.97 Å². The smallest absolute Gasteiger partial charge is 0.339 e. The zero-order valence-corrected chi connectivity index (χ0v) is 10.8. The van der Waals surface area contributed by atoms with Crippen LogP contribution in [0.5, 0.6) is 0 Å². The number of rotatable bonds is 2. The Balaban J connectivity index is 3.32. The van der Waals surface area contributed by atoms with Crippen LogP contribution in [0.25, 0.3) is 0 Å². The summed E-state index contributed by atoms with van der Waals surface area (Å²) >= 11 is 9.15. The fourth-order valence-corrected chi connectivity index (χ4v) is 1.97. The molecule has 3 nitrogen and oxygen atoms in total. The lowest BCUT2D eigenvalue weighted by Gasteiger charge is -2.11. The molecule has 0 fully saturated rings. The van der Waals surface area contributed by atoms with Gasteiger partial charge in [0.1, 0.15) is 0 Å². The Labute approximate surface area is 102 Å².